The second kappa shape index (κ2) is 4.77. The van der Waals surface area contributed by atoms with Gasteiger partial charge in [-0.3, -0.25) is 0 Å². The Hall–Kier alpha value is -1.59. The molecule has 6 heteroatoms. The van der Waals surface area contributed by atoms with Crippen LogP contribution in [0.1, 0.15) is 32.6 Å². The Labute approximate surface area is 89.6 Å². The zero-order chi connectivity index (χ0) is 11.4. The summed E-state index contributed by atoms with van der Waals surface area (Å²) in [6, 6.07) is 0.184. The molecule has 1 aromatic heterocycles. The van der Waals surface area contributed by atoms with Gasteiger partial charge in [0.1, 0.15) is 12.4 Å². The van der Waals surface area contributed by atoms with Crippen LogP contribution in [0.2, 0.25) is 0 Å². The van der Waals surface area contributed by atoms with Crippen LogP contribution in [-0.4, -0.2) is 26.8 Å². The van der Waals surface area contributed by atoms with Crippen molar-refractivity contribution < 1.29 is 0 Å². The number of hydrogen-bond acceptors (Lipinski definition) is 3. The molecule has 0 aliphatic rings. The van der Waals surface area contributed by atoms with Gasteiger partial charge in [-0.05, 0) is 20.8 Å². The van der Waals surface area contributed by atoms with Gasteiger partial charge in [0.15, 0.2) is 11.8 Å². The van der Waals surface area contributed by atoms with Crippen molar-refractivity contribution in [3.8, 4) is 0 Å². The molecule has 0 aliphatic heterocycles. The van der Waals surface area contributed by atoms with E-state index in [9.17, 15) is 0 Å². The molecule has 0 aliphatic carbocycles. The van der Waals surface area contributed by atoms with E-state index in [0.29, 0.717) is 5.96 Å². The predicted octanol–water partition coefficient (Wildman–Crippen LogP) is 0.189. The summed E-state index contributed by atoms with van der Waals surface area (Å²) in [5, 5.41) is 10.8. The quantitative estimate of drug-likeness (QED) is 0.551. The van der Waals surface area contributed by atoms with E-state index in [-0.39, 0.29) is 12.1 Å². The molecule has 6 nitrogen and oxygen atoms in total. The number of rotatable bonds is 3. The number of nitrogens with two attached hydrogens (primary N) is 1. The van der Waals surface area contributed by atoms with Crippen molar-refractivity contribution in [3.63, 3.8) is 0 Å². The smallest absolute Gasteiger partial charge is 0.189 e. The highest BCUT2D eigenvalue weighted by Gasteiger charge is 2.10. The molecular weight excluding hydrogens is 192 g/mol. The number of hydrogen-bond donors (Lipinski definition) is 2. The Morgan fingerprint density at radius 1 is 1.53 bits per heavy atom. The summed E-state index contributed by atoms with van der Waals surface area (Å²) in [6.45, 7) is 5.95. The molecule has 1 aromatic rings. The van der Waals surface area contributed by atoms with E-state index in [1.165, 1.54) is 0 Å². The van der Waals surface area contributed by atoms with Gasteiger partial charge in [0.25, 0.3) is 0 Å². The predicted molar refractivity (Wildman–Crippen MR) is 59.3 cm³/mol. The Morgan fingerprint density at radius 3 is 2.67 bits per heavy atom. The minimum absolute atomic E-state index is 0.0938. The Balaban J connectivity index is 2.70. The van der Waals surface area contributed by atoms with Gasteiger partial charge in [0, 0.05) is 13.1 Å². The van der Waals surface area contributed by atoms with Crippen LogP contribution in [0.4, 0.5) is 0 Å². The molecule has 3 N–H and O–H groups in total. The molecule has 84 valence electrons. The fourth-order valence-corrected chi connectivity index (χ4v) is 1.27. The van der Waals surface area contributed by atoms with Crippen molar-refractivity contribution in [2.75, 3.05) is 0 Å². The maximum Gasteiger partial charge on any atom is 0.189 e. The minimum atomic E-state index is -0.0938. The van der Waals surface area contributed by atoms with Crippen molar-refractivity contribution in [2.24, 2.45) is 17.8 Å². The molecule has 15 heavy (non-hydrogen) atoms. The number of guanidine groups is 1. The number of nitrogens with one attached hydrogen (secondary N) is 1. The van der Waals surface area contributed by atoms with E-state index in [0.717, 1.165) is 5.82 Å². The lowest BCUT2D eigenvalue weighted by Crippen LogP contribution is -2.37. The molecule has 0 saturated carbocycles. The van der Waals surface area contributed by atoms with Crippen molar-refractivity contribution in [3.05, 3.63) is 12.2 Å². The van der Waals surface area contributed by atoms with Crippen LogP contribution in [0, 0.1) is 0 Å². The summed E-state index contributed by atoms with van der Waals surface area (Å²) >= 11 is 0. The van der Waals surface area contributed by atoms with Crippen molar-refractivity contribution in [2.45, 2.75) is 32.9 Å². The summed E-state index contributed by atoms with van der Waals surface area (Å²) < 4.78 is 1.83. The SMILES string of the molecule is CC(C)NC(N)=NC(C)c1nncn1C. The molecular formula is C9H18N6. The zero-order valence-corrected chi connectivity index (χ0v) is 9.60. The molecule has 1 unspecified atom stereocenters. The number of aryl methyl sites for hydroxylation is 1. The summed E-state index contributed by atoms with van der Waals surface area (Å²) in [6.07, 6.45) is 1.65. The first-order valence-electron chi connectivity index (χ1n) is 4.94. The van der Waals surface area contributed by atoms with Gasteiger partial charge in [0.05, 0.1) is 0 Å². The lowest BCUT2D eigenvalue weighted by Gasteiger charge is -2.11. The number of aromatic nitrogens is 3. The molecule has 1 rings (SSSR count). The fourth-order valence-electron chi connectivity index (χ4n) is 1.27. The molecule has 0 saturated heterocycles. The molecule has 0 amide bonds. The van der Waals surface area contributed by atoms with E-state index in [1.54, 1.807) is 6.33 Å². The van der Waals surface area contributed by atoms with Crippen LogP contribution in [-0.2, 0) is 7.05 Å². The monoisotopic (exact) mass is 210 g/mol. The topological polar surface area (TPSA) is 81.1 Å². The van der Waals surface area contributed by atoms with Crippen molar-refractivity contribution in [1.29, 1.82) is 0 Å². The van der Waals surface area contributed by atoms with E-state index < -0.39 is 0 Å². The second-order valence-corrected chi connectivity index (χ2v) is 3.79. The van der Waals surface area contributed by atoms with E-state index in [4.69, 9.17) is 5.73 Å². The van der Waals surface area contributed by atoms with Crippen LogP contribution >= 0.6 is 0 Å². The first kappa shape index (κ1) is 11.5. The molecule has 0 spiro atoms. The van der Waals surface area contributed by atoms with Crippen LogP contribution in [0.15, 0.2) is 11.3 Å². The normalized spacial score (nSPS) is 14.3. The van der Waals surface area contributed by atoms with E-state index in [2.05, 4.69) is 20.5 Å². The van der Waals surface area contributed by atoms with Crippen LogP contribution in [0.25, 0.3) is 0 Å². The molecule has 0 radical (unpaired) electrons. The Bertz CT molecular complexity index is 340. The Kier molecular flexibility index (Phi) is 3.65. The maximum atomic E-state index is 5.71. The van der Waals surface area contributed by atoms with Crippen LogP contribution in [0.5, 0.6) is 0 Å². The lowest BCUT2D eigenvalue weighted by atomic mass is 10.3. The standard InChI is InChI=1S/C9H18N6/c1-6(2)12-9(10)13-7(3)8-14-11-5-15(8)4/h5-7H,1-4H3,(H3,10,12,13). The number of aliphatic imine (C=N–C) groups is 1. The van der Waals surface area contributed by atoms with Gasteiger partial charge in [-0.1, -0.05) is 0 Å². The summed E-state index contributed by atoms with van der Waals surface area (Å²) in [4.78, 5) is 4.28. The first-order chi connectivity index (χ1) is 7.00. The third-order valence-electron chi connectivity index (χ3n) is 1.89. The van der Waals surface area contributed by atoms with Gasteiger partial charge in [0.2, 0.25) is 0 Å². The third kappa shape index (κ3) is 3.23. The van der Waals surface area contributed by atoms with Gasteiger partial charge in [-0.25, -0.2) is 4.99 Å². The van der Waals surface area contributed by atoms with Gasteiger partial charge < -0.3 is 15.6 Å². The fraction of sp³-hybridized carbons (Fsp3) is 0.667. The molecule has 0 fully saturated rings. The number of nitrogens with zero attached hydrogens (tertiary/aromatic N) is 4. The van der Waals surface area contributed by atoms with E-state index >= 15 is 0 Å². The highest BCUT2D eigenvalue weighted by molar-refractivity contribution is 5.78. The summed E-state index contributed by atoms with van der Waals surface area (Å²) in [5.41, 5.74) is 5.71. The maximum absolute atomic E-state index is 5.71. The van der Waals surface area contributed by atoms with Crippen molar-refractivity contribution >= 4 is 5.96 Å². The van der Waals surface area contributed by atoms with Crippen molar-refractivity contribution in [1.82, 2.24) is 20.1 Å². The lowest BCUT2D eigenvalue weighted by molar-refractivity contribution is 0.666. The molecule has 1 heterocycles. The zero-order valence-electron chi connectivity index (χ0n) is 9.60. The average molecular weight is 210 g/mol. The van der Waals surface area contributed by atoms with Gasteiger partial charge in [-0.2, -0.15) is 0 Å². The summed E-state index contributed by atoms with van der Waals surface area (Å²) in [5.74, 6) is 1.23. The van der Waals surface area contributed by atoms with E-state index in [1.807, 2.05) is 32.4 Å². The Morgan fingerprint density at radius 2 is 2.20 bits per heavy atom. The molecule has 1 atom stereocenters. The summed E-state index contributed by atoms with van der Waals surface area (Å²) in [7, 11) is 1.88. The third-order valence-corrected chi connectivity index (χ3v) is 1.89. The highest BCUT2D eigenvalue weighted by Crippen LogP contribution is 2.11. The average Bonchev–Trinajstić information content (AvgIpc) is 2.49. The van der Waals surface area contributed by atoms with Crippen LogP contribution in [0.3, 0.4) is 0 Å². The largest absolute Gasteiger partial charge is 0.370 e. The highest BCUT2D eigenvalue weighted by atomic mass is 15.3. The molecule has 0 bridgehead atoms. The first-order valence-corrected chi connectivity index (χ1v) is 4.94. The minimum Gasteiger partial charge on any atom is -0.370 e. The van der Waals surface area contributed by atoms with Gasteiger partial charge in [-0.15, -0.1) is 10.2 Å². The molecule has 0 aromatic carbocycles. The second-order valence-electron chi connectivity index (χ2n) is 3.79. The van der Waals surface area contributed by atoms with Gasteiger partial charge >= 0.3 is 0 Å². The van der Waals surface area contributed by atoms with Crippen LogP contribution < -0.4 is 11.1 Å².